The van der Waals surface area contributed by atoms with Crippen molar-refractivity contribution in [2.45, 2.75) is 26.4 Å². The number of carbonyl (C=O) groups excluding carboxylic acids is 1. The highest BCUT2D eigenvalue weighted by Crippen LogP contribution is 2.24. The molecule has 0 saturated carbocycles. The minimum atomic E-state index is -1.09. The van der Waals surface area contributed by atoms with E-state index in [2.05, 4.69) is 5.32 Å². The molecule has 0 saturated heterocycles. The van der Waals surface area contributed by atoms with Crippen molar-refractivity contribution < 1.29 is 19.4 Å². The van der Waals surface area contributed by atoms with Crippen molar-refractivity contribution in [2.75, 3.05) is 5.32 Å². The summed E-state index contributed by atoms with van der Waals surface area (Å²) in [5, 5.41) is 11.9. The minimum absolute atomic E-state index is 0.0450. The van der Waals surface area contributed by atoms with Crippen LogP contribution in [0.15, 0.2) is 42.5 Å². The first-order valence-electron chi connectivity index (χ1n) is 7.51. The number of amides is 1. The highest BCUT2D eigenvalue weighted by atomic mass is 35.5. The van der Waals surface area contributed by atoms with Gasteiger partial charge < -0.3 is 15.2 Å². The molecule has 2 N–H and O–H groups in total. The zero-order chi connectivity index (χ0) is 17.7. The van der Waals surface area contributed by atoms with Crippen molar-refractivity contribution in [3.63, 3.8) is 0 Å². The summed E-state index contributed by atoms with van der Waals surface area (Å²) in [5.41, 5.74) is 0.686. The molecule has 0 unspecified atom stereocenters. The summed E-state index contributed by atoms with van der Waals surface area (Å²) in [4.78, 5) is 23.4. The molecule has 0 aliphatic rings. The Balaban J connectivity index is 2.19. The van der Waals surface area contributed by atoms with Gasteiger partial charge in [0.2, 0.25) is 0 Å². The van der Waals surface area contributed by atoms with E-state index in [4.69, 9.17) is 21.4 Å². The van der Waals surface area contributed by atoms with Gasteiger partial charge in [0.25, 0.3) is 5.91 Å². The standard InChI is InChI=1S/C18H18ClNO4/c1-3-11(2)24-14-6-4-5-12(9-14)17(21)20-16-10-13(18(22)23)7-8-15(16)19/h4-11H,3H2,1-2H3,(H,20,21)(H,22,23)/t11-/m0/s1. The molecule has 0 aliphatic carbocycles. The second-order valence-corrected chi connectivity index (χ2v) is 5.73. The lowest BCUT2D eigenvalue weighted by atomic mass is 10.1. The summed E-state index contributed by atoms with van der Waals surface area (Å²) in [7, 11) is 0. The number of aromatic carboxylic acids is 1. The molecule has 0 bridgehead atoms. The number of anilines is 1. The van der Waals surface area contributed by atoms with E-state index in [0.717, 1.165) is 6.42 Å². The maximum atomic E-state index is 12.4. The van der Waals surface area contributed by atoms with Crippen molar-refractivity contribution in [1.82, 2.24) is 0 Å². The first-order chi connectivity index (χ1) is 11.4. The maximum Gasteiger partial charge on any atom is 0.335 e. The molecule has 0 aromatic heterocycles. The minimum Gasteiger partial charge on any atom is -0.491 e. The van der Waals surface area contributed by atoms with Gasteiger partial charge in [0.05, 0.1) is 22.4 Å². The Morgan fingerprint density at radius 1 is 1.21 bits per heavy atom. The Kier molecular flexibility index (Phi) is 5.82. The summed E-state index contributed by atoms with van der Waals surface area (Å²) in [6, 6.07) is 10.9. The highest BCUT2D eigenvalue weighted by molar-refractivity contribution is 6.34. The van der Waals surface area contributed by atoms with E-state index >= 15 is 0 Å². The van der Waals surface area contributed by atoms with Crippen LogP contribution in [0.25, 0.3) is 0 Å². The van der Waals surface area contributed by atoms with Crippen molar-refractivity contribution in [3.8, 4) is 5.75 Å². The molecular formula is C18H18ClNO4. The molecule has 2 aromatic rings. The van der Waals surface area contributed by atoms with E-state index < -0.39 is 11.9 Å². The van der Waals surface area contributed by atoms with Crippen LogP contribution in [-0.4, -0.2) is 23.1 Å². The molecule has 0 aliphatic heterocycles. The van der Waals surface area contributed by atoms with Gasteiger partial charge in [-0.15, -0.1) is 0 Å². The van der Waals surface area contributed by atoms with Crippen molar-refractivity contribution in [1.29, 1.82) is 0 Å². The number of ether oxygens (including phenoxy) is 1. The zero-order valence-corrected chi connectivity index (χ0v) is 14.1. The fourth-order valence-corrected chi connectivity index (χ4v) is 2.14. The Morgan fingerprint density at radius 3 is 2.62 bits per heavy atom. The second-order valence-electron chi connectivity index (χ2n) is 5.32. The van der Waals surface area contributed by atoms with Crippen molar-refractivity contribution in [3.05, 3.63) is 58.6 Å². The average molecular weight is 348 g/mol. The molecule has 24 heavy (non-hydrogen) atoms. The zero-order valence-electron chi connectivity index (χ0n) is 13.4. The van der Waals surface area contributed by atoms with Crippen LogP contribution in [0.5, 0.6) is 5.75 Å². The van der Waals surface area contributed by atoms with Gasteiger partial charge >= 0.3 is 5.97 Å². The van der Waals surface area contributed by atoms with E-state index in [9.17, 15) is 9.59 Å². The molecule has 0 heterocycles. The van der Waals surface area contributed by atoms with Gasteiger partial charge in [0.15, 0.2) is 0 Å². The Hall–Kier alpha value is -2.53. The molecule has 6 heteroatoms. The summed E-state index contributed by atoms with van der Waals surface area (Å²) in [6.07, 6.45) is 0.901. The van der Waals surface area contributed by atoms with Crippen LogP contribution in [0.3, 0.4) is 0 Å². The third-order valence-electron chi connectivity index (χ3n) is 3.47. The molecule has 0 fully saturated rings. The number of rotatable bonds is 6. The van der Waals surface area contributed by atoms with E-state index in [1.54, 1.807) is 24.3 Å². The first kappa shape index (κ1) is 17.8. The molecular weight excluding hydrogens is 330 g/mol. The van der Waals surface area contributed by atoms with Crippen LogP contribution in [0.1, 0.15) is 41.0 Å². The molecule has 1 atom stereocenters. The van der Waals surface area contributed by atoms with E-state index in [0.29, 0.717) is 11.3 Å². The van der Waals surface area contributed by atoms with Gasteiger partial charge in [0.1, 0.15) is 5.75 Å². The van der Waals surface area contributed by atoms with E-state index in [1.165, 1.54) is 18.2 Å². The van der Waals surface area contributed by atoms with Crippen LogP contribution >= 0.6 is 11.6 Å². The first-order valence-corrected chi connectivity index (χ1v) is 7.89. The SMILES string of the molecule is CC[C@H](C)Oc1cccc(C(=O)Nc2cc(C(=O)O)ccc2Cl)c1. The lowest BCUT2D eigenvalue weighted by Crippen LogP contribution is -2.14. The van der Waals surface area contributed by atoms with Gasteiger partial charge in [-0.3, -0.25) is 4.79 Å². The predicted molar refractivity (Wildman–Crippen MR) is 93.2 cm³/mol. The lowest BCUT2D eigenvalue weighted by Gasteiger charge is -2.13. The normalized spacial score (nSPS) is 11.6. The van der Waals surface area contributed by atoms with Gasteiger partial charge in [-0.2, -0.15) is 0 Å². The van der Waals surface area contributed by atoms with Crippen LogP contribution in [0, 0.1) is 0 Å². The molecule has 5 nitrogen and oxygen atoms in total. The van der Waals surface area contributed by atoms with Crippen molar-refractivity contribution in [2.24, 2.45) is 0 Å². The van der Waals surface area contributed by atoms with Gasteiger partial charge in [-0.05, 0) is 49.7 Å². The number of hydrogen-bond donors (Lipinski definition) is 2. The van der Waals surface area contributed by atoms with Crippen LogP contribution in [0.2, 0.25) is 5.02 Å². The summed E-state index contributed by atoms with van der Waals surface area (Å²) < 4.78 is 5.70. The molecule has 126 valence electrons. The number of hydrogen-bond acceptors (Lipinski definition) is 3. The van der Waals surface area contributed by atoms with Crippen LogP contribution < -0.4 is 10.1 Å². The molecule has 2 rings (SSSR count). The van der Waals surface area contributed by atoms with Crippen molar-refractivity contribution >= 4 is 29.2 Å². The number of carboxylic acids is 1. The monoisotopic (exact) mass is 347 g/mol. The highest BCUT2D eigenvalue weighted by Gasteiger charge is 2.12. The number of benzene rings is 2. The van der Waals surface area contributed by atoms with Gasteiger partial charge in [-0.1, -0.05) is 24.6 Å². The second kappa shape index (κ2) is 7.84. The topological polar surface area (TPSA) is 75.6 Å². The molecule has 0 radical (unpaired) electrons. The number of carbonyl (C=O) groups is 2. The summed E-state index contributed by atoms with van der Waals surface area (Å²) in [6.45, 7) is 3.96. The number of halogens is 1. The van der Waals surface area contributed by atoms with Gasteiger partial charge in [-0.25, -0.2) is 4.79 Å². The van der Waals surface area contributed by atoms with E-state index in [-0.39, 0.29) is 22.4 Å². The Labute approximate surface area is 145 Å². The quantitative estimate of drug-likeness (QED) is 0.808. The average Bonchev–Trinajstić information content (AvgIpc) is 2.56. The molecule has 0 spiro atoms. The smallest absolute Gasteiger partial charge is 0.335 e. The fraction of sp³-hybridized carbons (Fsp3) is 0.222. The Bertz CT molecular complexity index is 760. The van der Waals surface area contributed by atoms with Crippen LogP contribution in [0.4, 0.5) is 5.69 Å². The van der Waals surface area contributed by atoms with Crippen LogP contribution in [-0.2, 0) is 0 Å². The lowest BCUT2D eigenvalue weighted by molar-refractivity contribution is 0.0696. The largest absolute Gasteiger partial charge is 0.491 e. The van der Waals surface area contributed by atoms with E-state index in [1.807, 2.05) is 13.8 Å². The fourth-order valence-electron chi connectivity index (χ4n) is 1.97. The summed E-state index contributed by atoms with van der Waals surface area (Å²) in [5.74, 6) is -0.887. The van der Waals surface area contributed by atoms with Gasteiger partial charge in [0, 0.05) is 5.56 Å². The predicted octanol–water partition coefficient (Wildman–Crippen LogP) is 4.47. The Morgan fingerprint density at radius 2 is 1.96 bits per heavy atom. The number of nitrogens with one attached hydrogen (secondary N) is 1. The molecule has 1 amide bonds. The third kappa shape index (κ3) is 4.49. The number of carboxylic acid groups (broad SMARTS) is 1. The maximum absolute atomic E-state index is 12.4. The third-order valence-corrected chi connectivity index (χ3v) is 3.80. The molecule has 2 aromatic carbocycles. The summed E-state index contributed by atoms with van der Waals surface area (Å²) >= 11 is 6.02.